The third kappa shape index (κ3) is 3.57. The summed E-state index contributed by atoms with van der Waals surface area (Å²) in [6.07, 6.45) is 4.19. The van der Waals surface area contributed by atoms with Crippen LogP contribution in [0.2, 0.25) is 0 Å². The summed E-state index contributed by atoms with van der Waals surface area (Å²) in [5, 5.41) is 3.68. The molecule has 2 heterocycles. The molecule has 4 nitrogen and oxygen atoms in total. The fourth-order valence-electron chi connectivity index (χ4n) is 3.39. The van der Waals surface area contributed by atoms with Crippen LogP contribution in [0.3, 0.4) is 0 Å². The molecule has 0 amide bonds. The summed E-state index contributed by atoms with van der Waals surface area (Å²) in [6, 6.07) is 8.77. The summed E-state index contributed by atoms with van der Waals surface area (Å²) < 4.78 is 16.9. The summed E-state index contributed by atoms with van der Waals surface area (Å²) in [4.78, 5) is 0. The lowest BCUT2D eigenvalue weighted by Crippen LogP contribution is -2.47. The van der Waals surface area contributed by atoms with E-state index in [9.17, 15) is 0 Å². The van der Waals surface area contributed by atoms with E-state index in [4.69, 9.17) is 14.2 Å². The van der Waals surface area contributed by atoms with Crippen LogP contribution in [0.1, 0.15) is 24.8 Å². The highest BCUT2D eigenvalue weighted by atomic mass is 16.6. The van der Waals surface area contributed by atoms with Gasteiger partial charge in [0, 0.05) is 25.7 Å². The molecule has 1 N–H and O–H groups in total. The first-order valence-electron chi connectivity index (χ1n) is 7.88. The van der Waals surface area contributed by atoms with Crippen molar-refractivity contribution in [1.29, 1.82) is 0 Å². The lowest BCUT2D eigenvalue weighted by atomic mass is 9.89. The average Bonchev–Trinajstić information content (AvgIpc) is 2.95. The van der Waals surface area contributed by atoms with E-state index in [0.29, 0.717) is 6.04 Å². The van der Waals surface area contributed by atoms with Gasteiger partial charge in [-0.3, -0.25) is 0 Å². The van der Waals surface area contributed by atoms with Crippen LogP contribution in [0.4, 0.5) is 0 Å². The van der Waals surface area contributed by atoms with Gasteiger partial charge >= 0.3 is 0 Å². The first kappa shape index (κ1) is 14.8. The predicted octanol–water partition coefficient (Wildman–Crippen LogP) is 2.17. The summed E-state index contributed by atoms with van der Waals surface area (Å²) in [7, 11) is 1.73. The zero-order chi connectivity index (χ0) is 14.5. The molecule has 116 valence electrons. The maximum absolute atomic E-state index is 5.97. The van der Waals surface area contributed by atoms with Gasteiger partial charge in [0.2, 0.25) is 0 Å². The van der Waals surface area contributed by atoms with Crippen molar-refractivity contribution in [3.05, 3.63) is 29.8 Å². The molecule has 2 fully saturated rings. The lowest BCUT2D eigenvalue weighted by molar-refractivity contribution is -0.0891. The SMILES string of the molecule is COc1ccccc1CCNC1CCOC2(CCOC2)C1. The Labute approximate surface area is 126 Å². The second-order valence-corrected chi connectivity index (χ2v) is 6.04. The van der Waals surface area contributed by atoms with E-state index in [1.807, 2.05) is 12.1 Å². The van der Waals surface area contributed by atoms with E-state index in [0.717, 1.165) is 57.8 Å². The molecule has 2 aliphatic rings. The van der Waals surface area contributed by atoms with Crippen molar-refractivity contribution in [3.63, 3.8) is 0 Å². The minimum absolute atomic E-state index is 0.0135. The van der Waals surface area contributed by atoms with E-state index in [1.54, 1.807) is 7.11 Å². The van der Waals surface area contributed by atoms with Gasteiger partial charge in [0.1, 0.15) is 5.75 Å². The Hall–Kier alpha value is -1.10. The first-order valence-corrected chi connectivity index (χ1v) is 7.88. The topological polar surface area (TPSA) is 39.7 Å². The molecule has 0 aliphatic carbocycles. The Balaban J connectivity index is 1.49. The van der Waals surface area contributed by atoms with Crippen LogP contribution in [0.5, 0.6) is 5.75 Å². The Kier molecular flexibility index (Phi) is 4.78. The molecule has 4 heteroatoms. The van der Waals surface area contributed by atoms with Gasteiger partial charge in [-0.05, 0) is 37.4 Å². The van der Waals surface area contributed by atoms with Gasteiger partial charge < -0.3 is 19.5 Å². The van der Waals surface area contributed by atoms with Gasteiger partial charge in [0.15, 0.2) is 0 Å². The largest absolute Gasteiger partial charge is 0.496 e. The van der Waals surface area contributed by atoms with Gasteiger partial charge in [-0.15, -0.1) is 0 Å². The maximum Gasteiger partial charge on any atom is 0.122 e. The lowest BCUT2D eigenvalue weighted by Gasteiger charge is -2.37. The van der Waals surface area contributed by atoms with Crippen LogP contribution in [-0.4, -0.2) is 45.1 Å². The molecule has 1 spiro atoms. The summed E-state index contributed by atoms with van der Waals surface area (Å²) in [5.74, 6) is 0.979. The van der Waals surface area contributed by atoms with Crippen LogP contribution in [0.25, 0.3) is 0 Å². The van der Waals surface area contributed by atoms with Crippen molar-refractivity contribution >= 4 is 0 Å². The average molecular weight is 291 g/mol. The fraction of sp³-hybridized carbons (Fsp3) is 0.647. The molecule has 2 saturated heterocycles. The van der Waals surface area contributed by atoms with Crippen LogP contribution < -0.4 is 10.1 Å². The minimum Gasteiger partial charge on any atom is -0.496 e. The Bertz CT molecular complexity index is 457. The zero-order valence-electron chi connectivity index (χ0n) is 12.8. The smallest absolute Gasteiger partial charge is 0.122 e. The minimum atomic E-state index is -0.0135. The van der Waals surface area contributed by atoms with E-state index in [2.05, 4.69) is 17.4 Å². The summed E-state index contributed by atoms with van der Waals surface area (Å²) in [5.41, 5.74) is 1.25. The number of para-hydroxylation sites is 1. The Morgan fingerprint density at radius 1 is 1.33 bits per heavy atom. The number of rotatable bonds is 5. The van der Waals surface area contributed by atoms with Crippen molar-refractivity contribution in [2.75, 3.05) is 33.5 Å². The van der Waals surface area contributed by atoms with Gasteiger partial charge in [0.25, 0.3) is 0 Å². The molecule has 1 aromatic rings. The van der Waals surface area contributed by atoms with Gasteiger partial charge in [-0.1, -0.05) is 18.2 Å². The predicted molar refractivity (Wildman–Crippen MR) is 81.8 cm³/mol. The highest BCUT2D eigenvalue weighted by Gasteiger charge is 2.40. The van der Waals surface area contributed by atoms with Crippen molar-refractivity contribution in [3.8, 4) is 5.75 Å². The number of methoxy groups -OCH3 is 1. The quantitative estimate of drug-likeness (QED) is 0.902. The van der Waals surface area contributed by atoms with Crippen molar-refractivity contribution in [1.82, 2.24) is 5.32 Å². The Morgan fingerprint density at radius 2 is 2.24 bits per heavy atom. The zero-order valence-corrected chi connectivity index (χ0v) is 12.8. The van der Waals surface area contributed by atoms with E-state index in [1.165, 1.54) is 5.56 Å². The fourth-order valence-corrected chi connectivity index (χ4v) is 3.39. The van der Waals surface area contributed by atoms with Gasteiger partial charge in [-0.2, -0.15) is 0 Å². The molecule has 2 atom stereocenters. The molecular formula is C17H25NO3. The van der Waals surface area contributed by atoms with Crippen molar-refractivity contribution in [2.24, 2.45) is 0 Å². The van der Waals surface area contributed by atoms with Crippen LogP contribution in [-0.2, 0) is 15.9 Å². The summed E-state index contributed by atoms with van der Waals surface area (Å²) in [6.45, 7) is 3.42. The Morgan fingerprint density at radius 3 is 3.05 bits per heavy atom. The molecule has 0 bridgehead atoms. The third-order valence-corrected chi connectivity index (χ3v) is 4.58. The molecule has 0 radical (unpaired) electrons. The third-order valence-electron chi connectivity index (χ3n) is 4.58. The molecule has 1 aromatic carbocycles. The first-order chi connectivity index (χ1) is 10.3. The van der Waals surface area contributed by atoms with E-state index in [-0.39, 0.29) is 5.60 Å². The van der Waals surface area contributed by atoms with Gasteiger partial charge in [-0.25, -0.2) is 0 Å². The van der Waals surface area contributed by atoms with Crippen molar-refractivity contribution < 1.29 is 14.2 Å². The second-order valence-electron chi connectivity index (χ2n) is 6.04. The number of ether oxygens (including phenoxy) is 3. The molecule has 21 heavy (non-hydrogen) atoms. The van der Waals surface area contributed by atoms with Crippen LogP contribution >= 0.6 is 0 Å². The highest BCUT2D eigenvalue weighted by molar-refractivity contribution is 5.33. The molecule has 2 unspecified atom stereocenters. The number of benzene rings is 1. The second kappa shape index (κ2) is 6.77. The summed E-state index contributed by atoms with van der Waals surface area (Å²) >= 11 is 0. The van der Waals surface area contributed by atoms with E-state index >= 15 is 0 Å². The number of nitrogens with one attached hydrogen (secondary N) is 1. The molecule has 0 saturated carbocycles. The number of hydrogen-bond donors (Lipinski definition) is 1. The molecule has 3 rings (SSSR count). The normalized spacial score (nSPS) is 28.9. The highest BCUT2D eigenvalue weighted by Crippen LogP contribution is 2.32. The van der Waals surface area contributed by atoms with Gasteiger partial charge in [0.05, 0.1) is 19.3 Å². The van der Waals surface area contributed by atoms with E-state index < -0.39 is 0 Å². The van der Waals surface area contributed by atoms with Crippen LogP contribution in [0.15, 0.2) is 24.3 Å². The van der Waals surface area contributed by atoms with Crippen molar-refractivity contribution in [2.45, 2.75) is 37.3 Å². The van der Waals surface area contributed by atoms with Crippen LogP contribution in [0, 0.1) is 0 Å². The molecule has 0 aromatic heterocycles. The maximum atomic E-state index is 5.97. The molecule has 2 aliphatic heterocycles. The monoisotopic (exact) mass is 291 g/mol. The number of hydrogen-bond acceptors (Lipinski definition) is 4. The standard InChI is InChI=1S/C17H25NO3/c1-19-16-5-3-2-4-14(16)6-9-18-15-7-10-21-17(12-15)8-11-20-13-17/h2-5,15,18H,6-13H2,1H3. The molecular weight excluding hydrogens is 266 g/mol.